The third kappa shape index (κ3) is 3.56. The molecule has 0 aromatic rings. The van der Waals surface area contributed by atoms with E-state index in [0.29, 0.717) is 11.8 Å². The first kappa shape index (κ1) is 14.7. The van der Waals surface area contributed by atoms with Gasteiger partial charge in [-0.2, -0.15) is 0 Å². The van der Waals surface area contributed by atoms with Gasteiger partial charge in [-0.15, -0.1) is 0 Å². The maximum absolute atomic E-state index is 9.79. The summed E-state index contributed by atoms with van der Waals surface area (Å²) in [7, 11) is 0. The summed E-state index contributed by atoms with van der Waals surface area (Å²) in [5.74, 6) is 0.828. The Labute approximate surface area is 106 Å². The van der Waals surface area contributed by atoms with Crippen molar-refractivity contribution in [1.29, 1.82) is 0 Å². The van der Waals surface area contributed by atoms with E-state index in [-0.39, 0.29) is 18.6 Å². The fourth-order valence-electron chi connectivity index (χ4n) is 3.51. The monoisotopic (exact) mass is 240 g/mol. The summed E-state index contributed by atoms with van der Waals surface area (Å²) in [6.07, 6.45) is 11.2. The molecular weight excluding hydrogens is 212 g/mol. The minimum absolute atomic E-state index is 0.0870. The highest BCUT2D eigenvalue weighted by molar-refractivity contribution is 4.94. The normalized spacial score (nSPS) is 31.2. The molecule has 0 radical (unpaired) electrons. The lowest BCUT2D eigenvalue weighted by Crippen LogP contribution is -2.34. The van der Waals surface area contributed by atoms with Crippen LogP contribution in [0.25, 0.3) is 0 Å². The molecule has 0 bridgehead atoms. The molecular formula is C15H28O2. The largest absolute Gasteiger partial charge is 0.396 e. The quantitative estimate of drug-likeness (QED) is 0.530. The number of unbranched alkanes of at least 4 members (excludes halogenated alkanes) is 1. The summed E-state index contributed by atoms with van der Waals surface area (Å²) in [5, 5.41) is 19.1. The molecule has 1 aliphatic carbocycles. The average Bonchev–Trinajstić information content (AvgIpc) is 2.78. The molecule has 0 amide bonds. The fourth-order valence-corrected chi connectivity index (χ4v) is 3.51. The third-order valence-corrected chi connectivity index (χ3v) is 4.55. The maximum Gasteiger partial charge on any atom is 0.0490 e. The predicted octanol–water partition coefficient (Wildman–Crippen LogP) is 3.14. The highest BCUT2D eigenvalue weighted by Crippen LogP contribution is 2.49. The van der Waals surface area contributed by atoms with Gasteiger partial charge in [0, 0.05) is 13.2 Å². The van der Waals surface area contributed by atoms with E-state index in [2.05, 4.69) is 19.1 Å². The first-order valence-corrected chi connectivity index (χ1v) is 7.03. The van der Waals surface area contributed by atoms with E-state index in [4.69, 9.17) is 0 Å². The zero-order chi connectivity index (χ0) is 12.7. The molecule has 1 fully saturated rings. The van der Waals surface area contributed by atoms with Crippen molar-refractivity contribution in [3.05, 3.63) is 12.2 Å². The lowest BCUT2D eigenvalue weighted by atomic mass is 9.70. The highest BCUT2D eigenvalue weighted by Gasteiger charge is 2.43. The minimum Gasteiger partial charge on any atom is -0.396 e. The number of hydrogen-bond donors (Lipinski definition) is 2. The van der Waals surface area contributed by atoms with Crippen LogP contribution in [0.2, 0.25) is 0 Å². The first-order chi connectivity index (χ1) is 8.20. The molecule has 0 saturated heterocycles. The summed E-state index contributed by atoms with van der Waals surface area (Å²) >= 11 is 0. The van der Waals surface area contributed by atoms with Gasteiger partial charge in [0.2, 0.25) is 0 Å². The van der Waals surface area contributed by atoms with Gasteiger partial charge in [-0.3, -0.25) is 0 Å². The topological polar surface area (TPSA) is 40.5 Å². The Morgan fingerprint density at radius 2 is 2.18 bits per heavy atom. The molecule has 1 rings (SSSR count). The fraction of sp³-hybridized carbons (Fsp3) is 0.867. The molecule has 17 heavy (non-hydrogen) atoms. The van der Waals surface area contributed by atoms with Crippen LogP contribution in [0.5, 0.6) is 0 Å². The smallest absolute Gasteiger partial charge is 0.0490 e. The molecule has 0 heterocycles. The maximum atomic E-state index is 9.79. The zero-order valence-corrected chi connectivity index (χ0v) is 11.4. The lowest BCUT2D eigenvalue weighted by Gasteiger charge is -2.37. The standard InChI is InChI=1S/C15H28O2/c1-3-4-5-6-9-15(12-17)10-7-8-14(15)13(2)11-16/h3-4,13-14,16-17H,5-12H2,1-2H3/b4-3-/t13-,14+,15-/m1/s1. The Bertz CT molecular complexity index is 237. The van der Waals surface area contributed by atoms with Crippen LogP contribution < -0.4 is 0 Å². The molecule has 0 aromatic carbocycles. The summed E-state index contributed by atoms with van der Waals surface area (Å²) in [4.78, 5) is 0. The number of allylic oxidation sites excluding steroid dienone is 2. The molecule has 2 nitrogen and oxygen atoms in total. The van der Waals surface area contributed by atoms with Crippen LogP contribution in [0.4, 0.5) is 0 Å². The van der Waals surface area contributed by atoms with Crippen LogP contribution in [0.3, 0.4) is 0 Å². The predicted molar refractivity (Wildman–Crippen MR) is 71.8 cm³/mol. The number of aliphatic hydroxyl groups is 2. The number of aliphatic hydroxyl groups excluding tert-OH is 2. The molecule has 1 saturated carbocycles. The van der Waals surface area contributed by atoms with Crippen LogP contribution >= 0.6 is 0 Å². The molecule has 100 valence electrons. The molecule has 2 N–H and O–H groups in total. The van der Waals surface area contributed by atoms with Gasteiger partial charge in [0.15, 0.2) is 0 Å². The van der Waals surface area contributed by atoms with Crippen LogP contribution in [0, 0.1) is 17.3 Å². The van der Waals surface area contributed by atoms with Gasteiger partial charge in [0.05, 0.1) is 0 Å². The van der Waals surface area contributed by atoms with E-state index in [1.807, 2.05) is 6.92 Å². The summed E-state index contributed by atoms with van der Waals surface area (Å²) in [6.45, 7) is 4.71. The van der Waals surface area contributed by atoms with Crippen molar-refractivity contribution in [3.63, 3.8) is 0 Å². The van der Waals surface area contributed by atoms with E-state index in [1.165, 1.54) is 12.8 Å². The second-order valence-electron chi connectivity index (χ2n) is 5.64. The van der Waals surface area contributed by atoms with Gasteiger partial charge >= 0.3 is 0 Å². The third-order valence-electron chi connectivity index (χ3n) is 4.55. The average molecular weight is 240 g/mol. The van der Waals surface area contributed by atoms with Crippen molar-refractivity contribution in [1.82, 2.24) is 0 Å². The summed E-state index contributed by atoms with van der Waals surface area (Å²) < 4.78 is 0. The van der Waals surface area contributed by atoms with Crippen molar-refractivity contribution in [3.8, 4) is 0 Å². The first-order valence-electron chi connectivity index (χ1n) is 7.03. The van der Waals surface area contributed by atoms with Crippen LogP contribution in [0.15, 0.2) is 12.2 Å². The van der Waals surface area contributed by atoms with Crippen molar-refractivity contribution >= 4 is 0 Å². The molecule has 0 unspecified atom stereocenters. The Kier molecular flexibility index (Phi) is 6.21. The molecule has 0 spiro atoms. The van der Waals surface area contributed by atoms with Crippen LogP contribution in [-0.4, -0.2) is 23.4 Å². The number of rotatable bonds is 7. The van der Waals surface area contributed by atoms with Crippen LogP contribution in [-0.2, 0) is 0 Å². The van der Waals surface area contributed by atoms with Gasteiger partial charge in [0.1, 0.15) is 0 Å². The number of hydrogen-bond acceptors (Lipinski definition) is 2. The van der Waals surface area contributed by atoms with Crippen molar-refractivity contribution in [2.45, 2.75) is 52.4 Å². The van der Waals surface area contributed by atoms with Gasteiger partial charge in [-0.05, 0) is 56.3 Å². The Morgan fingerprint density at radius 3 is 2.76 bits per heavy atom. The zero-order valence-electron chi connectivity index (χ0n) is 11.4. The highest BCUT2D eigenvalue weighted by atomic mass is 16.3. The van der Waals surface area contributed by atoms with Crippen LogP contribution in [0.1, 0.15) is 52.4 Å². The second-order valence-corrected chi connectivity index (χ2v) is 5.64. The molecule has 0 aliphatic heterocycles. The molecule has 3 atom stereocenters. The Morgan fingerprint density at radius 1 is 1.41 bits per heavy atom. The van der Waals surface area contributed by atoms with Gasteiger partial charge in [0.25, 0.3) is 0 Å². The molecule has 0 aromatic heterocycles. The van der Waals surface area contributed by atoms with Gasteiger partial charge in [-0.25, -0.2) is 0 Å². The van der Waals surface area contributed by atoms with Gasteiger partial charge < -0.3 is 10.2 Å². The summed E-state index contributed by atoms with van der Waals surface area (Å²) in [5.41, 5.74) is 0.0870. The van der Waals surface area contributed by atoms with E-state index in [9.17, 15) is 10.2 Å². The van der Waals surface area contributed by atoms with Crippen molar-refractivity contribution in [2.24, 2.45) is 17.3 Å². The van der Waals surface area contributed by atoms with Crippen molar-refractivity contribution in [2.75, 3.05) is 13.2 Å². The Balaban J connectivity index is 2.58. The minimum atomic E-state index is 0.0870. The molecule has 1 aliphatic rings. The lowest BCUT2D eigenvalue weighted by molar-refractivity contribution is 0.0306. The van der Waals surface area contributed by atoms with Crippen molar-refractivity contribution < 1.29 is 10.2 Å². The van der Waals surface area contributed by atoms with E-state index >= 15 is 0 Å². The van der Waals surface area contributed by atoms with E-state index in [0.717, 1.165) is 25.7 Å². The van der Waals surface area contributed by atoms with E-state index in [1.54, 1.807) is 0 Å². The van der Waals surface area contributed by atoms with Gasteiger partial charge in [-0.1, -0.05) is 25.5 Å². The second kappa shape index (κ2) is 7.17. The molecule has 2 heteroatoms. The SMILES string of the molecule is C/C=C\CCC[C@]1(CO)CCC[C@H]1[C@H](C)CO. The summed E-state index contributed by atoms with van der Waals surface area (Å²) in [6, 6.07) is 0. The van der Waals surface area contributed by atoms with E-state index < -0.39 is 0 Å². The Hall–Kier alpha value is -0.340.